The fourth-order valence-electron chi connectivity index (χ4n) is 2.85. The van der Waals surface area contributed by atoms with Crippen LogP contribution in [0.5, 0.6) is 0 Å². The van der Waals surface area contributed by atoms with Gasteiger partial charge in [0.15, 0.2) is 0 Å². The van der Waals surface area contributed by atoms with E-state index in [-0.39, 0.29) is 6.61 Å². The van der Waals surface area contributed by atoms with Crippen molar-refractivity contribution in [2.24, 2.45) is 0 Å². The first-order chi connectivity index (χ1) is 10.2. The largest absolute Gasteiger partial charge is 0.394 e. The number of fused-ring (bicyclic) bond motifs is 1. The Labute approximate surface area is 125 Å². The van der Waals surface area contributed by atoms with E-state index in [1.807, 2.05) is 18.8 Å². The second kappa shape index (κ2) is 5.87. The number of anilines is 1. The van der Waals surface area contributed by atoms with Crippen LogP contribution in [0.15, 0.2) is 24.3 Å². The lowest BCUT2D eigenvalue weighted by molar-refractivity contribution is 0.267. The molecule has 1 aromatic heterocycles. The van der Waals surface area contributed by atoms with Crippen molar-refractivity contribution in [1.82, 2.24) is 15.1 Å². The molecular weight excluding hydrogens is 264 g/mol. The van der Waals surface area contributed by atoms with Crippen LogP contribution in [0.2, 0.25) is 0 Å². The predicted molar refractivity (Wildman–Crippen MR) is 84.5 cm³/mol. The third kappa shape index (κ3) is 2.66. The molecule has 1 aromatic carbocycles. The molecule has 5 heteroatoms. The fraction of sp³-hybridized carbons (Fsp3) is 0.438. The van der Waals surface area contributed by atoms with Gasteiger partial charge in [0.05, 0.1) is 18.8 Å². The molecule has 112 valence electrons. The van der Waals surface area contributed by atoms with Gasteiger partial charge in [0.2, 0.25) is 0 Å². The third-order valence-electron chi connectivity index (χ3n) is 3.98. The lowest BCUT2D eigenvalue weighted by Crippen LogP contribution is -2.25. The van der Waals surface area contributed by atoms with Crippen LogP contribution in [-0.2, 0) is 19.5 Å². The molecule has 1 aliphatic rings. The van der Waals surface area contributed by atoms with Crippen molar-refractivity contribution in [1.29, 1.82) is 0 Å². The molecule has 2 N–H and O–H groups in total. The number of aliphatic hydroxyl groups is 1. The molecule has 5 nitrogen and oxygen atoms in total. The van der Waals surface area contributed by atoms with E-state index in [1.165, 1.54) is 16.9 Å². The summed E-state index contributed by atoms with van der Waals surface area (Å²) in [7, 11) is 4.08. The van der Waals surface area contributed by atoms with Gasteiger partial charge < -0.3 is 15.3 Å². The van der Waals surface area contributed by atoms with Crippen molar-refractivity contribution in [2.45, 2.75) is 19.5 Å². The molecule has 0 amide bonds. The van der Waals surface area contributed by atoms with Crippen molar-refractivity contribution < 1.29 is 5.11 Å². The minimum absolute atomic E-state index is 0.126. The van der Waals surface area contributed by atoms with Gasteiger partial charge in [0, 0.05) is 56.1 Å². The molecule has 0 fully saturated rings. The molecule has 0 bridgehead atoms. The van der Waals surface area contributed by atoms with Crippen molar-refractivity contribution in [3.05, 3.63) is 35.5 Å². The summed E-state index contributed by atoms with van der Waals surface area (Å²) >= 11 is 0. The Kier molecular flexibility index (Phi) is 3.94. The van der Waals surface area contributed by atoms with Crippen molar-refractivity contribution in [3.63, 3.8) is 0 Å². The van der Waals surface area contributed by atoms with Gasteiger partial charge in [0.1, 0.15) is 0 Å². The summed E-state index contributed by atoms with van der Waals surface area (Å²) in [6.07, 6.45) is 0.970. The van der Waals surface area contributed by atoms with Crippen LogP contribution in [0.4, 0.5) is 5.69 Å². The maximum absolute atomic E-state index is 9.22. The number of hydrogen-bond donors (Lipinski definition) is 2. The standard InChI is InChI=1S/C16H22N4O/c1-19(2)13-5-3-12(4-6-13)16-14-11-17-8-7-15(14)20(18-16)9-10-21/h3-6,17,21H,7-11H2,1-2H3. The third-order valence-corrected chi connectivity index (χ3v) is 3.98. The van der Waals surface area contributed by atoms with Gasteiger partial charge in [-0.05, 0) is 12.1 Å². The van der Waals surface area contributed by atoms with Crippen LogP contribution in [0.1, 0.15) is 11.3 Å². The quantitative estimate of drug-likeness (QED) is 0.888. The summed E-state index contributed by atoms with van der Waals surface area (Å²) < 4.78 is 1.96. The van der Waals surface area contributed by atoms with Gasteiger partial charge in [0.25, 0.3) is 0 Å². The van der Waals surface area contributed by atoms with Gasteiger partial charge in [-0.1, -0.05) is 12.1 Å². The molecule has 0 aliphatic carbocycles. The first kappa shape index (κ1) is 14.1. The topological polar surface area (TPSA) is 53.3 Å². The van der Waals surface area contributed by atoms with Gasteiger partial charge in [-0.25, -0.2) is 0 Å². The van der Waals surface area contributed by atoms with Crippen LogP contribution < -0.4 is 10.2 Å². The SMILES string of the molecule is CN(C)c1ccc(-c2nn(CCO)c3c2CNCC3)cc1. The number of nitrogens with zero attached hydrogens (tertiary/aromatic N) is 3. The summed E-state index contributed by atoms with van der Waals surface area (Å²) in [4.78, 5) is 2.09. The number of aliphatic hydroxyl groups excluding tert-OH is 1. The minimum Gasteiger partial charge on any atom is -0.394 e. The first-order valence-electron chi connectivity index (χ1n) is 7.38. The van der Waals surface area contributed by atoms with E-state index in [0.29, 0.717) is 6.54 Å². The number of hydrogen-bond acceptors (Lipinski definition) is 4. The zero-order valence-corrected chi connectivity index (χ0v) is 12.6. The first-order valence-corrected chi connectivity index (χ1v) is 7.38. The number of rotatable bonds is 4. The Bertz CT molecular complexity index is 616. The molecule has 21 heavy (non-hydrogen) atoms. The zero-order valence-electron chi connectivity index (χ0n) is 12.6. The highest BCUT2D eigenvalue weighted by molar-refractivity contribution is 5.67. The summed E-state index contributed by atoms with van der Waals surface area (Å²) in [5.74, 6) is 0. The zero-order chi connectivity index (χ0) is 14.8. The average Bonchev–Trinajstić information content (AvgIpc) is 2.87. The van der Waals surface area contributed by atoms with Crippen LogP contribution in [0, 0.1) is 0 Å². The van der Waals surface area contributed by atoms with Crippen molar-refractivity contribution in [2.75, 3.05) is 32.1 Å². The van der Waals surface area contributed by atoms with Crippen LogP contribution in [-0.4, -0.2) is 42.1 Å². The van der Waals surface area contributed by atoms with Gasteiger partial charge in [-0.3, -0.25) is 4.68 Å². The molecule has 1 aliphatic heterocycles. The van der Waals surface area contributed by atoms with E-state index in [4.69, 9.17) is 5.10 Å². The Hall–Kier alpha value is -1.85. The Balaban J connectivity index is 2.01. The van der Waals surface area contributed by atoms with Crippen molar-refractivity contribution in [3.8, 4) is 11.3 Å². The van der Waals surface area contributed by atoms with E-state index in [9.17, 15) is 5.11 Å². The highest BCUT2D eigenvalue weighted by atomic mass is 16.3. The lowest BCUT2D eigenvalue weighted by Gasteiger charge is -2.15. The molecule has 0 radical (unpaired) electrons. The number of benzene rings is 1. The molecule has 0 unspecified atom stereocenters. The van der Waals surface area contributed by atoms with Gasteiger partial charge >= 0.3 is 0 Å². The van der Waals surface area contributed by atoms with Crippen LogP contribution in [0.3, 0.4) is 0 Å². The molecule has 3 rings (SSSR count). The summed E-state index contributed by atoms with van der Waals surface area (Å²) in [5, 5.41) is 17.4. The molecule has 0 saturated carbocycles. The molecular formula is C16H22N4O. The second-order valence-electron chi connectivity index (χ2n) is 5.59. The second-order valence-corrected chi connectivity index (χ2v) is 5.59. The summed E-state index contributed by atoms with van der Waals surface area (Å²) in [6.45, 7) is 2.52. The lowest BCUT2D eigenvalue weighted by atomic mass is 10.0. The average molecular weight is 286 g/mol. The van der Waals surface area contributed by atoms with E-state index in [1.54, 1.807) is 0 Å². The number of nitrogens with one attached hydrogen (secondary N) is 1. The minimum atomic E-state index is 0.126. The van der Waals surface area contributed by atoms with Gasteiger partial charge in [-0.15, -0.1) is 0 Å². The monoisotopic (exact) mass is 286 g/mol. The smallest absolute Gasteiger partial charge is 0.0971 e. The maximum atomic E-state index is 9.22. The normalized spacial score (nSPS) is 14.0. The van der Waals surface area contributed by atoms with Crippen LogP contribution in [0.25, 0.3) is 11.3 Å². The van der Waals surface area contributed by atoms with E-state index in [0.717, 1.165) is 30.8 Å². The molecule has 2 heterocycles. The molecule has 2 aromatic rings. The molecule has 0 atom stereocenters. The Morgan fingerprint density at radius 2 is 2.05 bits per heavy atom. The fourth-order valence-corrected chi connectivity index (χ4v) is 2.85. The summed E-state index contributed by atoms with van der Waals surface area (Å²) in [5.41, 5.74) is 5.88. The highest BCUT2D eigenvalue weighted by Gasteiger charge is 2.21. The Morgan fingerprint density at radius 1 is 1.29 bits per heavy atom. The summed E-state index contributed by atoms with van der Waals surface area (Å²) in [6, 6.07) is 8.47. The highest BCUT2D eigenvalue weighted by Crippen LogP contribution is 2.28. The Morgan fingerprint density at radius 3 is 2.71 bits per heavy atom. The van der Waals surface area contributed by atoms with E-state index >= 15 is 0 Å². The predicted octanol–water partition coefficient (Wildman–Crippen LogP) is 1.25. The molecule has 0 spiro atoms. The van der Waals surface area contributed by atoms with Gasteiger partial charge in [-0.2, -0.15) is 5.10 Å². The van der Waals surface area contributed by atoms with E-state index in [2.05, 4.69) is 34.5 Å². The van der Waals surface area contributed by atoms with Crippen LogP contribution >= 0.6 is 0 Å². The maximum Gasteiger partial charge on any atom is 0.0971 e. The van der Waals surface area contributed by atoms with Crippen molar-refractivity contribution >= 4 is 5.69 Å². The van der Waals surface area contributed by atoms with E-state index < -0.39 is 0 Å². The molecule has 0 saturated heterocycles. The number of aromatic nitrogens is 2.